The summed E-state index contributed by atoms with van der Waals surface area (Å²) in [5.41, 5.74) is -1.49. The Morgan fingerprint density at radius 3 is 2.40 bits per heavy atom. The Labute approximate surface area is 84.0 Å². The molecule has 1 rings (SSSR count). The van der Waals surface area contributed by atoms with Gasteiger partial charge in [-0.25, -0.2) is 26.7 Å². The summed E-state index contributed by atoms with van der Waals surface area (Å²) in [5.74, 6) is -0.997. The second-order valence-corrected chi connectivity index (χ2v) is 4.29. The van der Waals surface area contributed by atoms with Crippen molar-refractivity contribution in [1.82, 2.24) is 4.98 Å². The average Bonchev–Trinajstić information content (AvgIpc) is 2.06. The Morgan fingerprint density at radius 1 is 1.47 bits per heavy atom. The Kier molecular flexibility index (Phi) is 3.00. The number of hydrogen-bond acceptors (Lipinski definition) is 3. The van der Waals surface area contributed by atoms with E-state index in [4.69, 9.17) is 5.14 Å². The van der Waals surface area contributed by atoms with E-state index < -0.39 is 38.4 Å². The van der Waals surface area contributed by atoms with Gasteiger partial charge in [0.15, 0.2) is 0 Å². The lowest BCUT2D eigenvalue weighted by molar-refractivity contribution is 0.142. The van der Waals surface area contributed by atoms with Crippen LogP contribution in [0.3, 0.4) is 0 Å². The molecule has 0 aliphatic rings. The average molecular weight is 240 g/mol. The number of aromatic nitrogens is 1. The van der Waals surface area contributed by atoms with Gasteiger partial charge < -0.3 is 0 Å². The molecule has 1 aromatic rings. The summed E-state index contributed by atoms with van der Waals surface area (Å²) in [5, 5.41) is 4.70. The Morgan fingerprint density at radius 2 is 2.00 bits per heavy atom. The number of pyridine rings is 1. The lowest BCUT2D eigenvalue weighted by Crippen LogP contribution is -2.18. The van der Waals surface area contributed by atoms with Crippen LogP contribution in [-0.2, 0) is 10.0 Å². The lowest BCUT2D eigenvalue weighted by Gasteiger charge is -2.09. The molecule has 8 heteroatoms. The van der Waals surface area contributed by atoms with E-state index >= 15 is 0 Å². The van der Waals surface area contributed by atoms with E-state index in [1.54, 1.807) is 0 Å². The molecule has 1 heterocycles. The van der Waals surface area contributed by atoms with Crippen LogP contribution in [0.2, 0.25) is 0 Å². The van der Waals surface area contributed by atoms with Gasteiger partial charge in [0, 0.05) is 5.56 Å². The molecular weight excluding hydrogens is 233 g/mol. The molecule has 0 aromatic carbocycles. The van der Waals surface area contributed by atoms with Crippen LogP contribution in [0.15, 0.2) is 11.1 Å². The van der Waals surface area contributed by atoms with Crippen LogP contribution >= 0.6 is 0 Å². The summed E-state index contributed by atoms with van der Waals surface area (Å²) in [7, 11) is -4.41. The molecule has 0 atom stereocenters. The van der Waals surface area contributed by atoms with E-state index in [1.165, 1.54) is 0 Å². The highest BCUT2D eigenvalue weighted by atomic mass is 32.2. The summed E-state index contributed by atoms with van der Waals surface area (Å²) >= 11 is 0. The molecule has 0 saturated carbocycles. The van der Waals surface area contributed by atoms with Gasteiger partial charge in [-0.1, -0.05) is 0 Å². The fourth-order valence-electron chi connectivity index (χ4n) is 1.10. The number of alkyl halides is 2. The molecule has 0 aliphatic heterocycles. The summed E-state index contributed by atoms with van der Waals surface area (Å²) in [4.78, 5) is 2.07. The maximum Gasteiger partial charge on any atom is 0.281 e. The topological polar surface area (TPSA) is 73.0 Å². The van der Waals surface area contributed by atoms with Crippen molar-refractivity contribution in [3.05, 3.63) is 23.3 Å². The van der Waals surface area contributed by atoms with Gasteiger partial charge in [0.1, 0.15) is 16.4 Å². The Hall–Kier alpha value is -1.15. The first kappa shape index (κ1) is 11.9. The number of sulfonamides is 1. The number of rotatable bonds is 2. The van der Waals surface area contributed by atoms with Gasteiger partial charge >= 0.3 is 0 Å². The molecule has 15 heavy (non-hydrogen) atoms. The highest BCUT2D eigenvalue weighted by molar-refractivity contribution is 7.89. The number of halogens is 3. The van der Waals surface area contributed by atoms with Crippen molar-refractivity contribution in [2.75, 3.05) is 0 Å². The standard InChI is InChI=1S/C7H7F3N2O2S/c1-3-4(8)2-12-5(7(9)10)6(3)15(11,13)14/h2,7H,1H3,(H2,11,13,14). The fraction of sp³-hybridized carbons (Fsp3) is 0.286. The van der Waals surface area contributed by atoms with Crippen LogP contribution in [0.25, 0.3) is 0 Å². The van der Waals surface area contributed by atoms with Crippen molar-refractivity contribution in [2.24, 2.45) is 5.14 Å². The van der Waals surface area contributed by atoms with E-state index in [-0.39, 0.29) is 0 Å². The summed E-state index contributed by atoms with van der Waals surface area (Å²) < 4.78 is 59.6. The maximum absolute atomic E-state index is 12.9. The molecule has 4 nitrogen and oxygen atoms in total. The Bertz CT molecular complexity index is 487. The zero-order valence-corrected chi connectivity index (χ0v) is 8.35. The minimum Gasteiger partial charge on any atom is -0.251 e. The van der Waals surface area contributed by atoms with Gasteiger partial charge in [0.25, 0.3) is 6.43 Å². The predicted molar refractivity (Wildman–Crippen MR) is 45.3 cm³/mol. The number of nitrogens with two attached hydrogens (primary N) is 1. The third-order valence-corrected chi connectivity index (χ3v) is 2.82. The van der Waals surface area contributed by atoms with Gasteiger partial charge in [-0.15, -0.1) is 0 Å². The van der Waals surface area contributed by atoms with E-state index in [0.29, 0.717) is 6.20 Å². The molecule has 0 amide bonds. The number of nitrogens with zero attached hydrogens (tertiary/aromatic N) is 1. The molecule has 84 valence electrons. The number of primary sulfonamides is 1. The van der Waals surface area contributed by atoms with E-state index in [9.17, 15) is 21.6 Å². The minimum absolute atomic E-state index is 0.456. The first-order valence-corrected chi connectivity index (χ1v) is 5.25. The highest BCUT2D eigenvalue weighted by Gasteiger charge is 2.26. The molecular formula is C7H7F3N2O2S. The van der Waals surface area contributed by atoms with Crippen molar-refractivity contribution in [2.45, 2.75) is 18.2 Å². The minimum atomic E-state index is -4.41. The van der Waals surface area contributed by atoms with Gasteiger partial charge in [0.05, 0.1) is 6.20 Å². The number of hydrogen-bond donors (Lipinski definition) is 1. The second kappa shape index (κ2) is 3.78. The smallest absolute Gasteiger partial charge is 0.251 e. The van der Waals surface area contributed by atoms with Crippen molar-refractivity contribution in [3.8, 4) is 0 Å². The molecule has 2 N–H and O–H groups in total. The molecule has 0 unspecified atom stereocenters. The molecule has 0 aliphatic carbocycles. The van der Waals surface area contributed by atoms with Gasteiger partial charge in [-0.2, -0.15) is 0 Å². The quantitative estimate of drug-likeness (QED) is 0.841. The fourth-order valence-corrected chi connectivity index (χ4v) is 2.05. The highest BCUT2D eigenvalue weighted by Crippen LogP contribution is 2.27. The molecule has 0 spiro atoms. The van der Waals surface area contributed by atoms with Crippen molar-refractivity contribution < 1.29 is 21.6 Å². The molecule has 0 fully saturated rings. The predicted octanol–water partition coefficient (Wildman–Crippen LogP) is 1.11. The normalized spacial score (nSPS) is 12.1. The van der Waals surface area contributed by atoms with E-state index in [0.717, 1.165) is 6.92 Å². The van der Waals surface area contributed by atoms with Crippen LogP contribution in [0.4, 0.5) is 13.2 Å². The maximum atomic E-state index is 12.9. The monoisotopic (exact) mass is 240 g/mol. The SMILES string of the molecule is Cc1c(F)cnc(C(F)F)c1S(N)(=O)=O. The van der Waals surface area contributed by atoms with E-state index in [1.807, 2.05) is 0 Å². The molecule has 0 bridgehead atoms. The van der Waals surface area contributed by atoms with Gasteiger partial charge in [-0.3, -0.25) is 4.98 Å². The third kappa shape index (κ3) is 2.26. The summed E-state index contributed by atoms with van der Waals surface area (Å²) in [6, 6.07) is 0. The molecule has 0 radical (unpaired) electrons. The van der Waals surface area contributed by atoms with Crippen LogP contribution in [0, 0.1) is 12.7 Å². The first-order chi connectivity index (χ1) is 6.75. The largest absolute Gasteiger partial charge is 0.281 e. The van der Waals surface area contributed by atoms with E-state index in [2.05, 4.69) is 4.98 Å². The Balaban J connectivity index is 3.65. The zero-order chi connectivity index (χ0) is 11.8. The van der Waals surface area contributed by atoms with Crippen molar-refractivity contribution >= 4 is 10.0 Å². The van der Waals surface area contributed by atoms with Gasteiger partial charge in [-0.05, 0) is 6.92 Å². The lowest BCUT2D eigenvalue weighted by atomic mass is 10.2. The first-order valence-electron chi connectivity index (χ1n) is 3.71. The third-order valence-electron chi connectivity index (χ3n) is 1.74. The van der Waals surface area contributed by atoms with Crippen LogP contribution in [0.5, 0.6) is 0 Å². The van der Waals surface area contributed by atoms with Gasteiger partial charge in [0.2, 0.25) is 10.0 Å². The second-order valence-electron chi connectivity index (χ2n) is 2.79. The van der Waals surface area contributed by atoms with Crippen LogP contribution in [0.1, 0.15) is 17.7 Å². The summed E-state index contributed by atoms with van der Waals surface area (Å²) in [6.45, 7) is 1.04. The molecule has 0 saturated heterocycles. The van der Waals surface area contributed by atoms with Crippen LogP contribution in [-0.4, -0.2) is 13.4 Å². The zero-order valence-electron chi connectivity index (χ0n) is 7.54. The molecule has 1 aromatic heterocycles. The summed E-state index contributed by atoms with van der Waals surface area (Å²) in [6.07, 6.45) is -2.59. The van der Waals surface area contributed by atoms with Crippen LogP contribution < -0.4 is 5.14 Å². The van der Waals surface area contributed by atoms with Crippen molar-refractivity contribution in [1.29, 1.82) is 0 Å². The van der Waals surface area contributed by atoms with Crippen molar-refractivity contribution in [3.63, 3.8) is 0 Å².